The van der Waals surface area contributed by atoms with E-state index in [-0.39, 0.29) is 17.1 Å². The van der Waals surface area contributed by atoms with E-state index >= 15 is 0 Å². The van der Waals surface area contributed by atoms with Crippen molar-refractivity contribution in [2.45, 2.75) is 39.0 Å². The highest BCUT2D eigenvalue weighted by atomic mass is 16.5. The monoisotopic (exact) mass is 496 g/mol. The van der Waals surface area contributed by atoms with E-state index in [0.717, 1.165) is 28.2 Å². The first kappa shape index (κ1) is 23.2. The summed E-state index contributed by atoms with van der Waals surface area (Å²) in [6, 6.07) is 15.7. The Bertz CT molecular complexity index is 1530. The number of rotatable bonds is 5. The first-order chi connectivity index (χ1) is 17.8. The summed E-state index contributed by atoms with van der Waals surface area (Å²) in [5.41, 5.74) is 3.93. The van der Waals surface area contributed by atoms with Gasteiger partial charge in [0, 0.05) is 30.8 Å². The van der Waals surface area contributed by atoms with E-state index in [1.165, 1.54) is 0 Å². The van der Waals surface area contributed by atoms with E-state index in [4.69, 9.17) is 24.3 Å². The average Bonchev–Trinajstić information content (AvgIpc) is 3.30. The minimum Gasteiger partial charge on any atom is -0.497 e. The summed E-state index contributed by atoms with van der Waals surface area (Å²) in [4.78, 5) is 23.1. The molecule has 6 rings (SSSR count). The van der Waals surface area contributed by atoms with Gasteiger partial charge in [-0.25, -0.2) is 14.5 Å². The molecular formula is C29H28N4O4. The van der Waals surface area contributed by atoms with Gasteiger partial charge in [-0.05, 0) is 40.8 Å². The molecule has 3 heterocycles. The van der Waals surface area contributed by atoms with Gasteiger partial charge in [0.25, 0.3) is 0 Å². The number of hydrogen-bond acceptors (Lipinski definition) is 7. The Morgan fingerprint density at radius 3 is 2.35 bits per heavy atom. The summed E-state index contributed by atoms with van der Waals surface area (Å²) in [6.07, 6.45) is 3.31. The molecule has 1 aliphatic carbocycles. The summed E-state index contributed by atoms with van der Waals surface area (Å²) in [5, 5.41) is 4.70. The largest absolute Gasteiger partial charge is 0.497 e. The number of methoxy groups -OCH3 is 2. The third-order valence-corrected chi connectivity index (χ3v) is 7.08. The van der Waals surface area contributed by atoms with Crippen molar-refractivity contribution in [3.05, 3.63) is 88.7 Å². The minimum absolute atomic E-state index is 0.0951. The van der Waals surface area contributed by atoms with Gasteiger partial charge < -0.3 is 14.2 Å². The van der Waals surface area contributed by atoms with Crippen molar-refractivity contribution in [2.24, 2.45) is 5.41 Å². The molecule has 2 aromatic carbocycles. The average molecular weight is 497 g/mol. The van der Waals surface area contributed by atoms with Gasteiger partial charge in [-0.15, -0.1) is 5.10 Å². The van der Waals surface area contributed by atoms with E-state index in [1.807, 2.05) is 48.5 Å². The Labute approximate surface area is 214 Å². The molecule has 2 aliphatic rings. The molecule has 0 radical (unpaired) electrons. The first-order valence-corrected chi connectivity index (χ1v) is 12.3. The number of Topliss-reactive ketones (excluding diaryl/α,β-unsaturated/α-hetero) is 1. The number of carbonyl (C=O) groups is 1. The fourth-order valence-corrected chi connectivity index (χ4v) is 5.32. The zero-order valence-corrected chi connectivity index (χ0v) is 21.3. The highest BCUT2D eigenvalue weighted by molar-refractivity contribution is 6.00. The number of carbonyl (C=O) groups excluding carboxylic acids is 1. The van der Waals surface area contributed by atoms with Crippen LogP contribution >= 0.6 is 0 Å². The topological polar surface area (TPSA) is 87.8 Å². The lowest BCUT2D eigenvalue weighted by atomic mass is 9.70. The van der Waals surface area contributed by atoms with Crippen LogP contribution < -0.4 is 14.2 Å². The van der Waals surface area contributed by atoms with Crippen LogP contribution in [0.1, 0.15) is 55.1 Å². The van der Waals surface area contributed by atoms with Gasteiger partial charge in [0.15, 0.2) is 17.3 Å². The maximum absolute atomic E-state index is 13.6. The molecule has 0 saturated carbocycles. The van der Waals surface area contributed by atoms with Crippen LogP contribution in [0, 0.1) is 5.41 Å². The van der Waals surface area contributed by atoms with Crippen LogP contribution in [0.15, 0.2) is 66.2 Å². The normalized spacial score (nSPS) is 18.3. The highest BCUT2D eigenvalue weighted by Crippen LogP contribution is 2.50. The Hall–Kier alpha value is -4.20. The van der Waals surface area contributed by atoms with Crippen LogP contribution in [0.3, 0.4) is 0 Å². The predicted octanol–water partition coefficient (Wildman–Crippen LogP) is 4.90. The van der Waals surface area contributed by atoms with Gasteiger partial charge in [-0.2, -0.15) is 0 Å². The van der Waals surface area contributed by atoms with E-state index in [1.54, 1.807) is 25.1 Å². The second kappa shape index (κ2) is 8.73. The zero-order valence-electron chi connectivity index (χ0n) is 21.3. The molecule has 1 atom stereocenters. The summed E-state index contributed by atoms with van der Waals surface area (Å²) in [7, 11) is 3.29. The second-order valence-corrected chi connectivity index (χ2v) is 10.4. The Morgan fingerprint density at radius 1 is 1.00 bits per heavy atom. The maximum Gasteiger partial charge on any atom is 0.228 e. The molecule has 0 bridgehead atoms. The summed E-state index contributed by atoms with van der Waals surface area (Å²) >= 11 is 0. The molecule has 8 heteroatoms. The lowest BCUT2D eigenvalue weighted by molar-refractivity contribution is -0.118. The number of allylic oxidation sites excluding steroid dienone is 2. The number of aromatic nitrogens is 4. The van der Waals surface area contributed by atoms with Gasteiger partial charge in [-0.1, -0.05) is 38.1 Å². The molecule has 0 amide bonds. The fraction of sp³-hybridized carbons (Fsp3) is 0.310. The van der Waals surface area contributed by atoms with Crippen LogP contribution in [0.5, 0.6) is 17.4 Å². The van der Waals surface area contributed by atoms with Crippen molar-refractivity contribution in [3.63, 3.8) is 0 Å². The molecule has 8 nitrogen and oxygen atoms in total. The summed E-state index contributed by atoms with van der Waals surface area (Å²) < 4.78 is 18.6. The molecule has 2 aromatic heterocycles. The van der Waals surface area contributed by atoms with Crippen LogP contribution in [0.2, 0.25) is 0 Å². The number of fused-ring (bicyclic) bond motifs is 3. The molecule has 37 heavy (non-hydrogen) atoms. The smallest absolute Gasteiger partial charge is 0.228 e. The van der Waals surface area contributed by atoms with Crippen LogP contribution in [-0.4, -0.2) is 39.6 Å². The molecule has 0 spiro atoms. The zero-order chi connectivity index (χ0) is 25.7. The molecule has 0 N–H and O–H groups in total. The molecule has 4 aromatic rings. The minimum atomic E-state index is -0.359. The van der Waals surface area contributed by atoms with Crippen molar-refractivity contribution in [1.29, 1.82) is 0 Å². The van der Waals surface area contributed by atoms with Crippen molar-refractivity contribution in [1.82, 2.24) is 19.6 Å². The fourth-order valence-electron chi connectivity index (χ4n) is 5.32. The van der Waals surface area contributed by atoms with E-state index < -0.39 is 0 Å². The van der Waals surface area contributed by atoms with Crippen LogP contribution in [0.4, 0.5) is 0 Å². The van der Waals surface area contributed by atoms with Crippen LogP contribution in [0.25, 0.3) is 5.65 Å². The molecule has 0 saturated heterocycles. The number of nitrogens with zero attached hydrogens (tertiary/aromatic N) is 4. The highest BCUT2D eigenvalue weighted by Gasteiger charge is 2.44. The third-order valence-electron chi connectivity index (χ3n) is 7.08. The Morgan fingerprint density at radius 2 is 1.68 bits per heavy atom. The van der Waals surface area contributed by atoms with Crippen molar-refractivity contribution >= 4 is 11.4 Å². The SMILES string of the molecule is COc1ccc(Cc2nc3c4c(ncn3n2)OC2=C(C(=O)CC(C)(C)C2)C4c2ccc(OC)cc2)cc1. The van der Waals surface area contributed by atoms with Gasteiger partial charge in [0.1, 0.15) is 23.6 Å². The molecule has 188 valence electrons. The first-order valence-electron chi connectivity index (χ1n) is 12.3. The number of ketones is 1. The molecule has 1 unspecified atom stereocenters. The van der Waals surface area contributed by atoms with E-state index in [2.05, 4.69) is 18.8 Å². The van der Waals surface area contributed by atoms with Crippen molar-refractivity contribution in [2.75, 3.05) is 14.2 Å². The summed E-state index contributed by atoms with van der Waals surface area (Å²) in [6.45, 7) is 4.19. The van der Waals surface area contributed by atoms with Gasteiger partial charge in [0.2, 0.25) is 5.88 Å². The Kier molecular flexibility index (Phi) is 5.47. The van der Waals surface area contributed by atoms with Crippen molar-refractivity contribution in [3.8, 4) is 17.4 Å². The van der Waals surface area contributed by atoms with Crippen molar-refractivity contribution < 1.29 is 19.0 Å². The Balaban J connectivity index is 1.49. The molecular weight excluding hydrogens is 468 g/mol. The second-order valence-electron chi connectivity index (χ2n) is 10.4. The third kappa shape index (κ3) is 4.12. The van der Waals surface area contributed by atoms with Gasteiger partial charge >= 0.3 is 0 Å². The van der Waals surface area contributed by atoms with E-state index in [0.29, 0.717) is 47.9 Å². The quantitative estimate of drug-likeness (QED) is 0.388. The molecule has 1 aliphatic heterocycles. The number of hydrogen-bond donors (Lipinski definition) is 0. The lowest BCUT2D eigenvalue weighted by Crippen LogP contribution is -2.33. The number of benzene rings is 2. The predicted molar refractivity (Wildman–Crippen MR) is 137 cm³/mol. The number of ether oxygens (including phenoxy) is 3. The van der Waals surface area contributed by atoms with Crippen LogP contribution in [-0.2, 0) is 11.2 Å². The lowest BCUT2D eigenvalue weighted by Gasteiger charge is -2.37. The van der Waals surface area contributed by atoms with Gasteiger partial charge in [-0.3, -0.25) is 4.79 Å². The summed E-state index contributed by atoms with van der Waals surface area (Å²) in [5.74, 6) is 3.12. The van der Waals surface area contributed by atoms with E-state index in [9.17, 15) is 4.79 Å². The molecule has 0 fully saturated rings. The maximum atomic E-state index is 13.6. The van der Waals surface area contributed by atoms with Gasteiger partial charge in [0.05, 0.1) is 19.8 Å². The standard InChI is InChI=1S/C29H28N4O4/c1-29(2)14-21(34)25-22(15-29)37-28-26(24(25)18-7-11-20(36-4)12-8-18)27-31-23(32-33(27)16-30-28)13-17-5-9-19(35-3)10-6-17/h5-12,16,24H,13-15H2,1-4H3.